The number of ether oxygens (including phenoxy) is 1. The molecule has 8 heteroatoms. The summed E-state index contributed by atoms with van der Waals surface area (Å²) in [4.78, 5) is 7.87. The highest BCUT2D eigenvalue weighted by atomic mass is 79.9. The Hall–Kier alpha value is -0.890. The van der Waals surface area contributed by atoms with E-state index in [0.717, 1.165) is 0 Å². The van der Waals surface area contributed by atoms with Crippen LogP contribution in [-0.2, 0) is 17.8 Å². The van der Waals surface area contributed by atoms with Crippen LogP contribution in [0, 0.1) is 0 Å². The second kappa shape index (κ2) is 5.63. The van der Waals surface area contributed by atoms with Crippen molar-refractivity contribution < 1.29 is 17.9 Å². The average molecular weight is 314 g/mol. The van der Waals surface area contributed by atoms with Gasteiger partial charge in [0.05, 0.1) is 10.2 Å². The second-order valence-electron chi connectivity index (χ2n) is 3.25. The number of aryl methyl sites for hydroxylation is 1. The summed E-state index contributed by atoms with van der Waals surface area (Å²) in [6, 6.07) is 0. The molecule has 0 aliphatic heterocycles. The van der Waals surface area contributed by atoms with Crippen LogP contribution in [0.15, 0.2) is 4.47 Å². The highest BCUT2D eigenvalue weighted by Crippen LogP contribution is 2.22. The fourth-order valence-corrected chi connectivity index (χ4v) is 1.58. The molecular formula is C9H11BrF3N3O. The van der Waals surface area contributed by atoms with Gasteiger partial charge in [0.2, 0.25) is 0 Å². The van der Waals surface area contributed by atoms with Gasteiger partial charge in [-0.1, -0.05) is 6.92 Å². The van der Waals surface area contributed by atoms with Crippen LogP contribution >= 0.6 is 15.9 Å². The monoisotopic (exact) mass is 313 g/mol. The molecule has 0 fully saturated rings. The Kier molecular flexibility index (Phi) is 4.70. The van der Waals surface area contributed by atoms with Crippen molar-refractivity contribution in [2.45, 2.75) is 26.1 Å². The Morgan fingerprint density at radius 3 is 2.53 bits per heavy atom. The SMILES string of the molecule is CCc1nc(COCC(F)(F)F)nc(N)c1Br. The van der Waals surface area contributed by atoms with E-state index in [1.807, 2.05) is 6.92 Å². The molecule has 0 unspecified atom stereocenters. The molecule has 2 N–H and O–H groups in total. The third-order valence-electron chi connectivity index (χ3n) is 1.82. The lowest BCUT2D eigenvalue weighted by Gasteiger charge is -2.09. The predicted molar refractivity (Wildman–Crippen MR) is 59.2 cm³/mol. The summed E-state index contributed by atoms with van der Waals surface area (Å²) in [5.41, 5.74) is 6.22. The van der Waals surface area contributed by atoms with Gasteiger partial charge in [-0.2, -0.15) is 13.2 Å². The Bertz CT molecular complexity index is 398. The van der Waals surface area contributed by atoms with Crippen LogP contribution in [0.1, 0.15) is 18.4 Å². The molecule has 4 nitrogen and oxygen atoms in total. The fraction of sp³-hybridized carbons (Fsp3) is 0.556. The molecule has 1 rings (SSSR count). The van der Waals surface area contributed by atoms with Crippen LogP contribution in [0.5, 0.6) is 0 Å². The molecule has 96 valence electrons. The minimum Gasteiger partial charge on any atom is -0.383 e. The molecular weight excluding hydrogens is 303 g/mol. The van der Waals surface area contributed by atoms with Crippen molar-refractivity contribution >= 4 is 21.7 Å². The number of aromatic nitrogens is 2. The third kappa shape index (κ3) is 4.47. The summed E-state index contributed by atoms with van der Waals surface area (Å²) >= 11 is 3.20. The summed E-state index contributed by atoms with van der Waals surface area (Å²) in [6.45, 7) is 0.213. The molecule has 0 saturated heterocycles. The van der Waals surface area contributed by atoms with E-state index in [4.69, 9.17) is 5.73 Å². The zero-order valence-electron chi connectivity index (χ0n) is 9.01. The summed E-state index contributed by atoms with van der Waals surface area (Å²) in [5, 5.41) is 0. The van der Waals surface area contributed by atoms with Crippen molar-refractivity contribution in [2.75, 3.05) is 12.3 Å². The first kappa shape index (κ1) is 14.2. The molecule has 1 aromatic heterocycles. The third-order valence-corrected chi connectivity index (χ3v) is 2.69. The first-order valence-electron chi connectivity index (χ1n) is 4.78. The maximum absolute atomic E-state index is 11.8. The van der Waals surface area contributed by atoms with Crippen molar-refractivity contribution in [3.05, 3.63) is 16.0 Å². The summed E-state index contributed by atoms with van der Waals surface area (Å²) in [5.74, 6) is 0.342. The van der Waals surface area contributed by atoms with Crippen molar-refractivity contribution in [3.8, 4) is 0 Å². The Balaban J connectivity index is 2.69. The van der Waals surface area contributed by atoms with E-state index < -0.39 is 12.8 Å². The molecule has 0 atom stereocenters. The van der Waals surface area contributed by atoms with Crippen molar-refractivity contribution in [2.24, 2.45) is 0 Å². The van der Waals surface area contributed by atoms with Gasteiger partial charge in [-0.05, 0) is 22.4 Å². The van der Waals surface area contributed by atoms with Gasteiger partial charge >= 0.3 is 6.18 Å². The number of rotatable bonds is 4. The molecule has 0 saturated carbocycles. The van der Waals surface area contributed by atoms with Gasteiger partial charge in [0.15, 0.2) is 5.82 Å². The standard InChI is InChI=1S/C9H11BrF3N3O/c1-2-5-7(10)8(14)16-6(15-5)3-17-4-9(11,12)13/h2-4H2,1H3,(H2,14,15,16). The molecule has 1 heterocycles. The van der Waals surface area contributed by atoms with E-state index in [2.05, 4.69) is 30.6 Å². The minimum atomic E-state index is -4.35. The number of alkyl halides is 3. The molecule has 0 amide bonds. The highest BCUT2D eigenvalue weighted by Gasteiger charge is 2.27. The van der Waals surface area contributed by atoms with Gasteiger partial charge in [-0.3, -0.25) is 0 Å². The highest BCUT2D eigenvalue weighted by molar-refractivity contribution is 9.10. The average Bonchev–Trinajstić information content (AvgIpc) is 2.21. The smallest absolute Gasteiger partial charge is 0.383 e. The van der Waals surface area contributed by atoms with Gasteiger partial charge in [0.1, 0.15) is 19.0 Å². The number of nitrogen functional groups attached to an aromatic ring is 1. The summed E-state index contributed by atoms with van der Waals surface area (Å²) < 4.78 is 40.6. The van der Waals surface area contributed by atoms with Crippen molar-refractivity contribution in [1.29, 1.82) is 0 Å². The van der Waals surface area contributed by atoms with Crippen LogP contribution in [0.3, 0.4) is 0 Å². The number of halogens is 4. The van der Waals surface area contributed by atoms with Gasteiger partial charge < -0.3 is 10.5 Å². The molecule has 1 aromatic rings. The predicted octanol–water partition coefficient (Wildman–Crippen LogP) is 2.46. The Morgan fingerprint density at radius 2 is 2.00 bits per heavy atom. The molecule has 0 bridgehead atoms. The molecule has 0 spiro atoms. The van der Waals surface area contributed by atoms with E-state index in [1.165, 1.54) is 0 Å². The number of nitrogens with two attached hydrogens (primary N) is 1. The van der Waals surface area contributed by atoms with Gasteiger partial charge in [-0.25, -0.2) is 9.97 Å². The number of hydrogen-bond donors (Lipinski definition) is 1. The van der Waals surface area contributed by atoms with Crippen LogP contribution in [-0.4, -0.2) is 22.8 Å². The molecule has 0 aromatic carbocycles. The fourth-order valence-electron chi connectivity index (χ4n) is 1.12. The van der Waals surface area contributed by atoms with Gasteiger partial charge in [-0.15, -0.1) is 0 Å². The lowest BCUT2D eigenvalue weighted by molar-refractivity contribution is -0.177. The Labute approximate surface area is 105 Å². The largest absolute Gasteiger partial charge is 0.411 e. The van der Waals surface area contributed by atoms with Crippen molar-refractivity contribution in [1.82, 2.24) is 9.97 Å². The molecule has 17 heavy (non-hydrogen) atoms. The summed E-state index contributed by atoms with van der Waals surface area (Å²) in [7, 11) is 0. The van der Waals surface area contributed by atoms with E-state index in [1.54, 1.807) is 0 Å². The first-order chi connectivity index (χ1) is 7.83. The number of anilines is 1. The van der Waals surface area contributed by atoms with E-state index >= 15 is 0 Å². The molecule has 0 radical (unpaired) electrons. The quantitative estimate of drug-likeness (QED) is 0.927. The summed E-state index contributed by atoms with van der Waals surface area (Å²) in [6.07, 6.45) is -3.76. The zero-order chi connectivity index (χ0) is 13.1. The lowest BCUT2D eigenvalue weighted by Crippen LogP contribution is -2.17. The van der Waals surface area contributed by atoms with Gasteiger partial charge in [0.25, 0.3) is 0 Å². The van der Waals surface area contributed by atoms with Crippen molar-refractivity contribution in [3.63, 3.8) is 0 Å². The van der Waals surface area contributed by atoms with Crippen LogP contribution in [0.4, 0.5) is 19.0 Å². The zero-order valence-corrected chi connectivity index (χ0v) is 10.6. The van der Waals surface area contributed by atoms with Crippen LogP contribution in [0.25, 0.3) is 0 Å². The topological polar surface area (TPSA) is 61.0 Å². The minimum absolute atomic E-state index is 0.145. The Morgan fingerprint density at radius 1 is 1.35 bits per heavy atom. The van der Waals surface area contributed by atoms with Crippen LogP contribution in [0.2, 0.25) is 0 Å². The van der Waals surface area contributed by atoms with E-state index in [-0.39, 0.29) is 18.2 Å². The second-order valence-corrected chi connectivity index (χ2v) is 4.04. The van der Waals surface area contributed by atoms with Crippen LogP contribution < -0.4 is 5.73 Å². The normalized spacial score (nSPS) is 11.8. The maximum Gasteiger partial charge on any atom is 0.411 e. The first-order valence-corrected chi connectivity index (χ1v) is 5.58. The van der Waals surface area contributed by atoms with Gasteiger partial charge in [0, 0.05) is 0 Å². The number of nitrogens with zero attached hydrogens (tertiary/aromatic N) is 2. The van der Waals surface area contributed by atoms with E-state index in [9.17, 15) is 13.2 Å². The molecule has 0 aliphatic carbocycles. The van der Waals surface area contributed by atoms with E-state index in [0.29, 0.717) is 16.6 Å². The molecule has 0 aliphatic rings. The maximum atomic E-state index is 11.8. The lowest BCUT2D eigenvalue weighted by atomic mass is 10.3. The number of hydrogen-bond acceptors (Lipinski definition) is 4.